The van der Waals surface area contributed by atoms with Crippen LogP contribution in [-0.2, 0) is 16.0 Å². The zero-order valence-electron chi connectivity index (χ0n) is 25.9. The summed E-state index contributed by atoms with van der Waals surface area (Å²) >= 11 is 0. The van der Waals surface area contributed by atoms with Crippen molar-refractivity contribution in [1.82, 2.24) is 9.80 Å². The summed E-state index contributed by atoms with van der Waals surface area (Å²) in [6.07, 6.45) is 8.82. The SMILES string of the molecule is CC(C)CN(CC(=O)OC(C)(C)C)C1CC(CN2CCC(CCCc3ccccc3)CC2)C(c2ccccc2)C1. The van der Waals surface area contributed by atoms with Crippen LogP contribution < -0.4 is 0 Å². The standard InChI is InChI=1S/C36H54N2O2/c1-28(2)25-38(27-35(39)40-36(3,4)5)33-23-32(34(24-33)31-17-10-7-11-18-31)26-37-21-19-30(20-22-37)16-12-15-29-13-8-6-9-14-29/h6-11,13-14,17-18,28,30,32-34H,12,15-16,19-27H2,1-5H3. The molecule has 0 radical (unpaired) electrons. The first kappa shape index (κ1) is 30.8. The molecular formula is C36H54N2O2. The summed E-state index contributed by atoms with van der Waals surface area (Å²) in [6, 6.07) is 22.5. The van der Waals surface area contributed by atoms with E-state index in [2.05, 4.69) is 84.3 Å². The lowest BCUT2D eigenvalue weighted by Gasteiger charge is -2.35. The van der Waals surface area contributed by atoms with Crippen molar-refractivity contribution >= 4 is 5.97 Å². The van der Waals surface area contributed by atoms with E-state index in [1.165, 1.54) is 62.9 Å². The monoisotopic (exact) mass is 546 g/mol. The third-order valence-corrected chi connectivity index (χ3v) is 8.89. The van der Waals surface area contributed by atoms with Gasteiger partial charge in [0, 0.05) is 19.1 Å². The number of nitrogens with zero attached hydrogens (tertiary/aromatic N) is 2. The van der Waals surface area contributed by atoms with E-state index in [-0.39, 0.29) is 5.97 Å². The van der Waals surface area contributed by atoms with Crippen LogP contribution in [0.2, 0.25) is 0 Å². The van der Waals surface area contributed by atoms with Crippen molar-refractivity contribution < 1.29 is 9.53 Å². The van der Waals surface area contributed by atoms with Crippen LogP contribution in [0.15, 0.2) is 60.7 Å². The number of carbonyl (C=O) groups excluding carboxylic acids is 1. The quantitative estimate of drug-likeness (QED) is 0.257. The van der Waals surface area contributed by atoms with E-state index in [1.807, 2.05) is 20.8 Å². The molecule has 3 atom stereocenters. The molecule has 0 bridgehead atoms. The molecule has 2 aromatic rings. The number of piperidine rings is 1. The average Bonchev–Trinajstić information content (AvgIpc) is 3.33. The predicted molar refractivity (Wildman–Crippen MR) is 166 cm³/mol. The summed E-state index contributed by atoms with van der Waals surface area (Å²) in [7, 11) is 0. The number of aryl methyl sites for hydroxylation is 1. The van der Waals surface area contributed by atoms with Crippen molar-refractivity contribution in [3.8, 4) is 0 Å². The van der Waals surface area contributed by atoms with Gasteiger partial charge in [-0.1, -0.05) is 80.9 Å². The minimum atomic E-state index is -0.445. The Labute approximate surface area is 244 Å². The molecule has 1 saturated heterocycles. The third-order valence-electron chi connectivity index (χ3n) is 8.89. The number of hydrogen-bond acceptors (Lipinski definition) is 4. The zero-order valence-corrected chi connectivity index (χ0v) is 25.9. The number of ether oxygens (including phenoxy) is 1. The van der Waals surface area contributed by atoms with E-state index in [4.69, 9.17) is 4.74 Å². The van der Waals surface area contributed by atoms with Crippen LogP contribution in [0.1, 0.15) is 90.2 Å². The molecule has 0 aromatic heterocycles. The van der Waals surface area contributed by atoms with E-state index in [0.29, 0.717) is 30.3 Å². The van der Waals surface area contributed by atoms with Gasteiger partial charge in [-0.15, -0.1) is 0 Å². The molecule has 220 valence electrons. The van der Waals surface area contributed by atoms with Crippen molar-refractivity contribution in [3.63, 3.8) is 0 Å². The number of rotatable bonds is 12. The van der Waals surface area contributed by atoms with Gasteiger partial charge in [0.15, 0.2) is 0 Å². The molecule has 1 aliphatic carbocycles. The van der Waals surface area contributed by atoms with E-state index in [0.717, 1.165) is 25.3 Å². The van der Waals surface area contributed by atoms with Gasteiger partial charge >= 0.3 is 5.97 Å². The minimum absolute atomic E-state index is 0.0952. The summed E-state index contributed by atoms with van der Waals surface area (Å²) in [4.78, 5) is 18.1. The first-order valence-corrected chi connectivity index (χ1v) is 15.9. The van der Waals surface area contributed by atoms with Crippen molar-refractivity contribution in [2.24, 2.45) is 17.8 Å². The first-order chi connectivity index (χ1) is 19.2. The fraction of sp³-hybridized carbons (Fsp3) is 0.639. The molecule has 1 aliphatic heterocycles. The number of hydrogen-bond donors (Lipinski definition) is 0. The third kappa shape index (κ3) is 9.73. The van der Waals surface area contributed by atoms with Gasteiger partial charge in [-0.3, -0.25) is 9.69 Å². The van der Waals surface area contributed by atoms with Crippen molar-refractivity contribution in [2.75, 3.05) is 32.7 Å². The molecule has 1 saturated carbocycles. The second kappa shape index (κ2) is 14.6. The second-order valence-electron chi connectivity index (χ2n) is 13.9. The maximum atomic E-state index is 12.9. The summed E-state index contributed by atoms with van der Waals surface area (Å²) in [6.45, 7) is 15.4. The Morgan fingerprint density at radius 1 is 0.975 bits per heavy atom. The molecule has 4 nitrogen and oxygen atoms in total. The highest BCUT2D eigenvalue weighted by Crippen LogP contribution is 2.43. The highest BCUT2D eigenvalue weighted by atomic mass is 16.6. The van der Waals surface area contributed by atoms with Gasteiger partial charge in [0.2, 0.25) is 0 Å². The Bertz CT molecular complexity index is 1010. The van der Waals surface area contributed by atoms with E-state index in [9.17, 15) is 4.79 Å². The average molecular weight is 547 g/mol. The molecule has 2 aliphatic rings. The second-order valence-corrected chi connectivity index (χ2v) is 13.9. The summed E-state index contributed by atoms with van der Waals surface area (Å²) in [5, 5.41) is 0. The van der Waals surface area contributed by atoms with Gasteiger partial charge in [-0.25, -0.2) is 0 Å². The van der Waals surface area contributed by atoms with Crippen molar-refractivity contribution in [1.29, 1.82) is 0 Å². The number of carbonyl (C=O) groups is 1. The van der Waals surface area contributed by atoms with Gasteiger partial charge in [-0.2, -0.15) is 0 Å². The van der Waals surface area contributed by atoms with Crippen LogP contribution in [0.25, 0.3) is 0 Å². The van der Waals surface area contributed by atoms with Crippen LogP contribution in [0.3, 0.4) is 0 Å². The van der Waals surface area contributed by atoms with E-state index >= 15 is 0 Å². The molecule has 1 heterocycles. The summed E-state index contributed by atoms with van der Waals surface area (Å²) < 4.78 is 5.74. The maximum absolute atomic E-state index is 12.9. The Balaban J connectivity index is 1.35. The lowest BCUT2D eigenvalue weighted by Crippen LogP contribution is -2.42. The normalized spacial score (nSPS) is 22.7. The molecule has 4 rings (SSSR count). The van der Waals surface area contributed by atoms with Gasteiger partial charge in [0.1, 0.15) is 5.60 Å². The Morgan fingerprint density at radius 3 is 2.25 bits per heavy atom. The van der Waals surface area contributed by atoms with Crippen LogP contribution in [-0.4, -0.2) is 60.1 Å². The minimum Gasteiger partial charge on any atom is -0.459 e. The first-order valence-electron chi connectivity index (χ1n) is 15.9. The number of benzene rings is 2. The molecule has 4 heteroatoms. The molecule has 3 unspecified atom stereocenters. The van der Waals surface area contributed by atoms with Gasteiger partial charge in [0.05, 0.1) is 6.54 Å². The maximum Gasteiger partial charge on any atom is 0.320 e. The topological polar surface area (TPSA) is 32.8 Å². The van der Waals surface area contributed by atoms with Gasteiger partial charge < -0.3 is 9.64 Å². The molecule has 40 heavy (non-hydrogen) atoms. The van der Waals surface area contributed by atoms with Crippen molar-refractivity contribution in [2.45, 2.75) is 97.1 Å². The molecule has 0 N–H and O–H groups in total. The highest BCUT2D eigenvalue weighted by molar-refractivity contribution is 5.72. The zero-order chi connectivity index (χ0) is 28.5. The number of esters is 1. The van der Waals surface area contributed by atoms with Crippen LogP contribution in [0.5, 0.6) is 0 Å². The Hall–Kier alpha value is -2.17. The molecule has 0 amide bonds. The number of likely N-dealkylation sites (tertiary alicyclic amines) is 1. The Kier molecular flexibility index (Phi) is 11.3. The van der Waals surface area contributed by atoms with Crippen LogP contribution in [0.4, 0.5) is 0 Å². The molecule has 2 fully saturated rings. The van der Waals surface area contributed by atoms with Crippen LogP contribution >= 0.6 is 0 Å². The van der Waals surface area contributed by atoms with Gasteiger partial charge in [-0.05, 0) is 107 Å². The highest BCUT2D eigenvalue weighted by Gasteiger charge is 2.40. The smallest absolute Gasteiger partial charge is 0.320 e. The summed E-state index contributed by atoms with van der Waals surface area (Å²) in [5.41, 5.74) is 2.49. The molecular weight excluding hydrogens is 492 g/mol. The van der Waals surface area contributed by atoms with E-state index in [1.54, 1.807) is 0 Å². The molecule has 2 aromatic carbocycles. The Morgan fingerprint density at radius 2 is 1.62 bits per heavy atom. The fourth-order valence-electron chi connectivity index (χ4n) is 7.08. The van der Waals surface area contributed by atoms with E-state index < -0.39 is 5.60 Å². The van der Waals surface area contributed by atoms with Crippen molar-refractivity contribution in [3.05, 3.63) is 71.8 Å². The predicted octanol–water partition coefficient (Wildman–Crippen LogP) is 7.58. The lowest BCUT2D eigenvalue weighted by molar-refractivity contribution is -0.156. The largest absolute Gasteiger partial charge is 0.459 e. The summed E-state index contributed by atoms with van der Waals surface area (Å²) in [5.74, 6) is 2.45. The van der Waals surface area contributed by atoms with Gasteiger partial charge in [0.25, 0.3) is 0 Å². The lowest BCUT2D eigenvalue weighted by atomic mass is 9.87. The molecule has 0 spiro atoms. The fourth-order valence-corrected chi connectivity index (χ4v) is 7.08. The van der Waals surface area contributed by atoms with Crippen LogP contribution in [0, 0.1) is 17.8 Å².